The van der Waals surface area contributed by atoms with E-state index in [0.29, 0.717) is 22.6 Å². The van der Waals surface area contributed by atoms with Crippen LogP contribution in [0.3, 0.4) is 0 Å². The van der Waals surface area contributed by atoms with Crippen LogP contribution in [0.5, 0.6) is 17.2 Å². The van der Waals surface area contributed by atoms with E-state index in [1.807, 2.05) is 0 Å². The fraction of sp³-hybridized carbons (Fsp3) is 0.0345. The van der Waals surface area contributed by atoms with Crippen LogP contribution in [0.1, 0.15) is 20.7 Å². The smallest absolute Gasteiger partial charge is 0.343 e. The summed E-state index contributed by atoms with van der Waals surface area (Å²) in [7, 11) is 1.66. The zero-order valence-electron chi connectivity index (χ0n) is 18.8. The van der Waals surface area contributed by atoms with Crippen molar-refractivity contribution >= 4 is 39.1 Å². The topological polar surface area (TPSA) is 87.1 Å². The lowest BCUT2D eigenvalue weighted by atomic mass is 10.1. The van der Waals surface area contributed by atoms with Gasteiger partial charge in [0.05, 0.1) is 5.56 Å². The molecule has 0 spiro atoms. The van der Waals surface area contributed by atoms with E-state index < -0.39 is 5.97 Å². The third-order valence-corrected chi connectivity index (χ3v) is 5.85. The molecule has 6 nitrogen and oxygen atoms in total. The van der Waals surface area contributed by atoms with Crippen molar-refractivity contribution in [1.82, 2.24) is 0 Å². The number of benzene rings is 5. The monoisotopic (exact) mass is 463 g/mol. The maximum Gasteiger partial charge on any atom is 0.343 e. The summed E-state index contributed by atoms with van der Waals surface area (Å²) in [5.41, 5.74) is 1.44. The van der Waals surface area contributed by atoms with Crippen LogP contribution in [-0.4, -0.2) is 29.1 Å². The molecular formula is C29H21NO5. The van der Waals surface area contributed by atoms with E-state index in [9.17, 15) is 19.8 Å². The maximum absolute atomic E-state index is 13.1. The van der Waals surface area contributed by atoms with Gasteiger partial charge in [-0.3, -0.25) is 4.79 Å². The lowest BCUT2D eigenvalue weighted by Gasteiger charge is -2.18. The number of phenols is 2. The minimum absolute atomic E-state index is 0.159. The molecule has 35 heavy (non-hydrogen) atoms. The van der Waals surface area contributed by atoms with E-state index in [1.54, 1.807) is 104 Å². The number of carbonyl (C=O) groups excluding carboxylic acids is 2. The number of carbonyl (C=O) groups is 2. The second kappa shape index (κ2) is 8.83. The molecule has 0 bridgehead atoms. The number of anilines is 1. The average Bonchev–Trinajstić information content (AvgIpc) is 2.87. The summed E-state index contributed by atoms with van der Waals surface area (Å²) < 4.78 is 5.57. The third kappa shape index (κ3) is 4.50. The molecule has 0 radical (unpaired) electrons. The number of amides is 1. The summed E-state index contributed by atoms with van der Waals surface area (Å²) in [4.78, 5) is 27.3. The Bertz CT molecular complexity index is 1610. The van der Waals surface area contributed by atoms with Gasteiger partial charge in [0.2, 0.25) is 0 Å². The first kappa shape index (κ1) is 22.0. The average molecular weight is 463 g/mol. The van der Waals surface area contributed by atoms with Gasteiger partial charge in [-0.15, -0.1) is 0 Å². The van der Waals surface area contributed by atoms with E-state index in [4.69, 9.17) is 4.74 Å². The predicted molar refractivity (Wildman–Crippen MR) is 135 cm³/mol. The molecule has 0 saturated heterocycles. The molecule has 5 rings (SSSR count). The quantitative estimate of drug-likeness (QED) is 0.256. The highest BCUT2D eigenvalue weighted by Crippen LogP contribution is 2.26. The molecule has 0 aliphatic rings. The summed E-state index contributed by atoms with van der Waals surface area (Å²) >= 11 is 0. The molecule has 0 aliphatic heterocycles. The maximum atomic E-state index is 13.1. The zero-order chi connectivity index (χ0) is 24.5. The van der Waals surface area contributed by atoms with E-state index in [-0.39, 0.29) is 17.4 Å². The normalized spacial score (nSPS) is 10.9. The molecule has 0 aromatic heterocycles. The lowest BCUT2D eigenvalue weighted by Crippen LogP contribution is -2.26. The minimum Gasteiger partial charge on any atom is -0.508 e. The van der Waals surface area contributed by atoms with Gasteiger partial charge in [-0.25, -0.2) is 4.79 Å². The predicted octanol–water partition coefficient (Wildman–Crippen LogP) is 5.90. The van der Waals surface area contributed by atoms with Crippen LogP contribution in [0.2, 0.25) is 0 Å². The summed E-state index contributed by atoms with van der Waals surface area (Å²) in [5, 5.41) is 22.6. The van der Waals surface area contributed by atoms with Gasteiger partial charge in [0.1, 0.15) is 17.2 Å². The molecule has 0 saturated carbocycles. The summed E-state index contributed by atoms with van der Waals surface area (Å²) in [6.45, 7) is 0. The molecule has 172 valence electrons. The lowest BCUT2D eigenvalue weighted by molar-refractivity contribution is 0.0735. The van der Waals surface area contributed by atoms with Gasteiger partial charge in [0.25, 0.3) is 5.91 Å². The number of ether oxygens (including phenoxy) is 1. The molecule has 0 heterocycles. The van der Waals surface area contributed by atoms with Crippen molar-refractivity contribution in [1.29, 1.82) is 0 Å². The van der Waals surface area contributed by atoms with Crippen molar-refractivity contribution in [2.24, 2.45) is 0 Å². The van der Waals surface area contributed by atoms with Crippen LogP contribution in [0.25, 0.3) is 21.5 Å². The summed E-state index contributed by atoms with van der Waals surface area (Å²) in [6, 6.07) is 27.0. The molecule has 6 heteroatoms. The molecule has 1 amide bonds. The number of phenolic OH excluding ortho intramolecular Hbond substituents is 2. The summed E-state index contributed by atoms with van der Waals surface area (Å²) in [5.74, 6) is -0.105. The van der Waals surface area contributed by atoms with Gasteiger partial charge >= 0.3 is 5.97 Å². The first-order chi connectivity index (χ1) is 16.9. The van der Waals surface area contributed by atoms with E-state index in [1.165, 1.54) is 4.90 Å². The first-order valence-electron chi connectivity index (χ1n) is 10.9. The van der Waals surface area contributed by atoms with Gasteiger partial charge in [-0.05, 0) is 82.2 Å². The molecule has 0 fully saturated rings. The van der Waals surface area contributed by atoms with Gasteiger partial charge < -0.3 is 19.8 Å². The van der Waals surface area contributed by atoms with Gasteiger partial charge in [0, 0.05) is 24.4 Å². The molecule has 2 N–H and O–H groups in total. The minimum atomic E-state index is -0.524. The summed E-state index contributed by atoms with van der Waals surface area (Å²) in [6.07, 6.45) is 0. The number of rotatable bonds is 4. The van der Waals surface area contributed by atoms with Crippen molar-refractivity contribution in [3.8, 4) is 17.2 Å². The van der Waals surface area contributed by atoms with Crippen molar-refractivity contribution in [3.63, 3.8) is 0 Å². The molecule has 0 aliphatic carbocycles. The van der Waals surface area contributed by atoms with E-state index in [2.05, 4.69) is 0 Å². The standard InChI is InChI=1S/C29H21NO5/c1-30(28(33)22-7-5-20-15-25(31)11-9-18(20)13-22)24-3-2-4-27(17-24)35-29(34)23-8-6-21-16-26(32)12-10-19(21)14-23/h2-17,31-32H,1H3. The highest BCUT2D eigenvalue weighted by molar-refractivity contribution is 6.08. The van der Waals surface area contributed by atoms with Gasteiger partial charge in [0.15, 0.2) is 0 Å². The Morgan fingerprint density at radius 1 is 0.657 bits per heavy atom. The highest BCUT2D eigenvalue weighted by atomic mass is 16.5. The van der Waals surface area contributed by atoms with Gasteiger partial charge in [-0.2, -0.15) is 0 Å². The molecule has 5 aromatic rings. The van der Waals surface area contributed by atoms with Crippen molar-refractivity contribution in [3.05, 3.63) is 108 Å². The van der Waals surface area contributed by atoms with Crippen LogP contribution in [0.4, 0.5) is 5.69 Å². The van der Waals surface area contributed by atoms with Crippen LogP contribution < -0.4 is 9.64 Å². The van der Waals surface area contributed by atoms with Crippen LogP contribution >= 0.6 is 0 Å². The van der Waals surface area contributed by atoms with E-state index in [0.717, 1.165) is 21.5 Å². The van der Waals surface area contributed by atoms with Crippen LogP contribution in [-0.2, 0) is 0 Å². The number of nitrogens with zero attached hydrogens (tertiary/aromatic N) is 1. The Morgan fingerprint density at radius 2 is 1.20 bits per heavy atom. The van der Waals surface area contributed by atoms with E-state index >= 15 is 0 Å². The molecule has 5 aromatic carbocycles. The number of hydrogen-bond donors (Lipinski definition) is 2. The van der Waals surface area contributed by atoms with Gasteiger partial charge in [-0.1, -0.05) is 30.3 Å². The van der Waals surface area contributed by atoms with Crippen LogP contribution in [0, 0.1) is 0 Å². The van der Waals surface area contributed by atoms with Crippen molar-refractivity contribution in [2.75, 3.05) is 11.9 Å². The second-order valence-corrected chi connectivity index (χ2v) is 8.24. The largest absolute Gasteiger partial charge is 0.508 e. The highest BCUT2D eigenvalue weighted by Gasteiger charge is 2.16. The fourth-order valence-electron chi connectivity index (χ4n) is 3.96. The number of fused-ring (bicyclic) bond motifs is 2. The Morgan fingerprint density at radius 3 is 1.86 bits per heavy atom. The number of aromatic hydroxyl groups is 2. The molecule has 0 unspecified atom stereocenters. The molecular weight excluding hydrogens is 442 g/mol. The molecule has 0 atom stereocenters. The Labute approximate surface area is 201 Å². The Balaban J connectivity index is 1.35. The van der Waals surface area contributed by atoms with Crippen LogP contribution in [0.15, 0.2) is 97.1 Å². The Hall–Kier alpha value is -4.84. The Kier molecular flexibility index (Phi) is 5.55. The third-order valence-electron chi connectivity index (χ3n) is 5.85. The van der Waals surface area contributed by atoms with Crippen molar-refractivity contribution in [2.45, 2.75) is 0 Å². The fourth-order valence-corrected chi connectivity index (χ4v) is 3.96. The SMILES string of the molecule is CN(C(=O)c1ccc2cc(O)ccc2c1)c1cccc(OC(=O)c2ccc3cc(O)ccc3c2)c1. The second-order valence-electron chi connectivity index (χ2n) is 8.24. The number of esters is 1. The zero-order valence-corrected chi connectivity index (χ0v) is 18.8. The first-order valence-corrected chi connectivity index (χ1v) is 10.9. The van der Waals surface area contributed by atoms with Crippen molar-refractivity contribution < 1.29 is 24.5 Å². The number of hydrogen-bond acceptors (Lipinski definition) is 5.